The molecule has 1 aromatic heterocycles. The van der Waals surface area contributed by atoms with Crippen LogP contribution in [0.25, 0.3) is 11.3 Å². The molecule has 1 amide bonds. The Labute approximate surface area is 192 Å². The number of carbonyl (C=O) groups excluding carboxylic acids is 1. The van der Waals surface area contributed by atoms with E-state index in [2.05, 4.69) is 5.10 Å². The highest BCUT2D eigenvalue weighted by Crippen LogP contribution is 2.41. The van der Waals surface area contributed by atoms with E-state index in [9.17, 15) is 4.79 Å². The van der Waals surface area contributed by atoms with Gasteiger partial charge in [-0.25, -0.2) is 4.68 Å². The van der Waals surface area contributed by atoms with Crippen molar-refractivity contribution in [2.24, 2.45) is 0 Å². The molecule has 0 radical (unpaired) electrons. The molecule has 2 heterocycles. The second kappa shape index (κ2) is 9.68. The van der Waals surface area contributed by atoms with Gasteiger partial charge in [-0.15, -0.1) is 0 Å². The number of rotatable bonds is 7. The molecule has 4 rings (SSSR count). The summed E-state index contributed by atoms with van der Waals surface area (Å²) < 4.78 is 23.6. The smallest absolute Gasteiger partial charge is 0.278 e. The van der Waals surface area contributed by atoms with Gasteiger partial charge in [0.1, 0.15) is 17.2 Å². The largest absolute Gasteiger partial charge is 0.496 e. The number of hydrogen-bond acceptors (Lipinski definition) is 6. The molecule has 8 heteroatoms. The molecule has 8 nitrogen and oxygen atoms in total. The van der Waals surface area contributed by atoms with E-state index in [1.54, 1.807) is 44.2 Å². The summed E-state index contributed by atoms with van der Waals surface area (Å²) in [5.74, 6) is 2.25. The highest BCUT2D eigenvalue weighted by molar-refractivity contribution is 5.95. The number of aromatic nitrogens is 2. The maximum atomic E-state index is 13.3. The molecular formula is C25H27N3O5. The summed E-state index contributed by atoms with van der Waals surface area (Å²) in [7, 11) is 6.38. The third kappa shape index (κ3) is 4.37. The lowest BCUT2D eigenvalue weighted by molar-refractivity contribution is 0.0763. The third-order valence-corrected chi connectivity index (χ3v) is 5.66. The molecule has 1 aliphatic rings. The number of nitrogens with zero attached hydrogens (tertiary/aromatic N) is 3. The van der Waals surface area contributed by atoms with Gasteiger partial charge in [0.25, 0.3) is 5.91 Å². The van der Waals surface area contributed by atoms with Crippen LogP contribution in [-0.2, 0) is 0 Å². The minimum atomic E-state index is -0.175. The summed E-state index contributed by atoms with van der Waals surface area (Å²) in [6.07, 6.45) is 4.39. The number of benzene rings is 2. The first-order valence-corrected chi connectivity index (χ1v) is 10.6. The van der Waals surface area contributed by atoms with Gasteiger partial charge in [0.05, 0.1) is 45.9 Å². The predicted molar refractivity (Wildman–Crippen MR) is 125 cm³/mol. The van der Waals surface area contributed by atoms with Gasteiger partial charge in [0, 0.05) is 25.2 Å². The zero-order chi connectivity index (χ0) is 23.4. The third-order valence-electron chi connectivity index (χ3n) is 5.66. The summed E-state index contributed by atoms with van der Waals surface area (Å²) in [5, 5.41) is 4.50. The average Bonchev–Trinajstić information content (AvgIpc) is 3.32. The summed E-state index contributed by atoms with van der Waals surface area (Å²) in [6, 6.07) is 13.3. The molecule has 33 heavy (non-hydrogen) atoms. The molecule has 0 fully saturated rings. The molecule has 0 spiro atoms. The van der Waals surface area contributed by atoms with Crippen molar-refractivity contribution in [3.63, 3.8) is 0 Å². The molecule has 0 saturated heterocycles. The van der Waals surface area contributed by atoms with E-state index in [-0.39, 0.29) is 11.6 Å². The highest BCUT2D eigenvalue weighted by Gasteiger charge is 2.27. The molecule has 0 saturated carbocycles. The topological polar surface area (TPSA) is 75.1 Å². The highest BCUT2D eigenvalue weighted by atomic mass is 16.5. The number of amides is 1. The predicted octanol–water partition coefficient (Wildman–Crippen LogP) is 3.84. The first kappa shape index (κ1) is 22.3. The number of methoxy groups -OCH3 is 4. The van der Waals surface area contributed by atoms with Crippen molar-refractivity contribution in [1.29, 1.82) is 0 Å². The van der Waals surface area contributed by atoms with E-state index in [4.69, 9.17) is 18.9 Å². The monoisotopic (exact) mass is 449 g/mol. The quantitative estimate of drug-likeness (QED) is 0.546. The minimum Gasteiger partial charge on any atom is -0.496 e. The van der Waals surface area contributed by atoms with Crippen molar-refractivity contribution in [1.82, 2.24) is 14.7 Å². The van der Waals surface area contributed by atoms with Gasteiger partial charge in [0.2, 0.25) is 0 Å². The Bertz CT molecular complexity index is 1150. The number of ether oxygens (including phenoxy) is 4. The Morgan fingerprint density at radius 1 is 0.909 bits per heavy atom. The van der Waals surface area contributed by atoms with Crippen molar-refractivity contribution in [3.05, 3.63) is 66.0 Å². The van der Waals surface area contributed by atoms with Gasteiger partial charge in [-0.05, 0) is 24.1 Å². The Morgan fingerprint density at radius 2 is 1.58 bits per heavy atom. The van der Waals surface area contributed by atoms with E-state index in [1.807, 2.05) is 48.5 Å². The SMILES string of the molecule is COc1cc(OC)c(C2=CCN(C(=O)c3nn(-c4ccccc4)cc3OC)CC2)c(OC)c1. The van der Waals surface area contributed by atoms with E-state index in [0.717, 1.165) is 16.8 Å². The summed E-state index contributed by atoms with van der Waals surface area (Å²) in [5.41, 5.74) is 3.07. The van der Waals surface area contributed by atoms with E-state index < -0.39 is 0 Å². The van der Waals surface area contributed by atoms with Gasteiger partial charge >= 0.3 is 0 Å². The molecular weight excluding hydrogens is 422 g/mol. The molecule has 1 aliphatic heterocycles. The van der Waals surface area contributed by atoms with Crippen molar-refractivity contribution in [3.8, 4) is 28.7 Å². The van der Waals surface area contributed by atoms with Crippen LogP contribution < -0.4 is 18.9 Å². The first-order valence-electron chi connectivity index (χ1n) is 10.6. The minimum absolute atomic E-state index is 0.175. The Balaban J connectivity index is 1.59. The van der Waals surface area contributed by atoms with Gasteiger partial charge in [0.15, 0.2) is 11.4 Å². The molecule has 3 aromatic rings. The lowest BCUT2D eigenvalue weighted by atomic mass is 9.97. The fourth-order valence-electron chi connectivity index (χ4n) is 3.92. The Hall–Kier alpha value is -3.94. The lowest BCUT2D eigenvalue weighted by Crippen LogP contribution is -2.35. The first-order chi connectivity index (χ1) is 16.1. The standard InChI is InChI=1S/C25H27N3O5/c1-30-19-14-20(31-2)23(21(15-19)32-3)17-10-12-27(13-11-17)25(29)24-22(33-4)16-28(26-24)18-8-6-5-7-9-18/h5-10,14-16H,11-13H2,1-4H3. The Kier molecular flexibility index (Phi) is 6.53. The van der Waals surface area contributed by atoms with Crippen LogP contribution in [0, 0.1) is 0 Å². The van der Waals surface area contributed by atoms with Crippen molar-refractivity contribution >= 4 is 11.5 Å². The van der Waals surface area contributed by atoms with Crippen LogP contribution in [0.2, 0.25) is 0 Å². The Morgan fingerprint density at radius 3 is 2.12 bits per heavy atom. The van der Waals surface area contributed by atoms with Crippen LogP contribution in [0.5, 0.6) is 23.0 Å². The number of hydrogen-bond donors (Lipinski definition) is 0. The molecule has 0 aliphatic carbocycles. The number of para-hydroxylation sites is 1. The molecule has 0 unspecified atom stereocenters. The van der Waals surface area contributed by atoms with Crippen LogP contribution in [-0.4, -0.2) is 62.1 Å². The second-order valence-corrected chi connectivity index (χ2v) is 7.46. The van der Waals surface area contributed by atoms with E-state index in [1.165, 1.54) is 0 Å². The average molecular weight is 450 g/mol. The maximum Gasteiger partial charge on any atom is 0.278 e. The van der Waals surface area contributed by atoms with Crippen molar-refractivity contribution < 1.29 is 23.7 Å². The summed E-state index contributed by atoms with van der Waals surface area (Å²) in [4.78, 5) is 15.0. The van der Waals surface area contributed by atoms with Crippen LogP contribution in [0.1, 0.15) is 22.5 Å². The van der Waals surface area contributed by atoms with Crippen molar-refractivity contribution in [2.75, 3.05) is 41.5 Å². The number of carbonyl (C=O) groups is 1. The van der Waals surface area contributed by atoms with Crippen LogP contribution in [0.4, 0.5) is 0 Å². The van der Waals surface area contributed by atoms with Gasteiger partial charge in [-0.2, -0.15) is 5.10 Å². The molecule has 2 aromatic carbocycles. The zero-order valence-corrected chi connectivity index (χ0v) is 19.2. The molecule has 172 valence electrons. The van der Waals surface area contributed by atoms with Gasteiger partial charge in [-0.3, -0.25) is 4.79 Å². The molecule has 0 bridgehead atoms. The normalized spacial score (nSPS) is 13.3. The fourth-order valence-corrected chi connectivity index (χ4v) is 3.92. The van der Waals surface area contributed by atoms with Crippen LogP contribution >= 0.6 is 0 Å². The maximum absolute atomic E-state index is 13.3. The summed E-state index contributed by atoms with van der Waals surface area (Å²) in [6.45, 7) is 0.970. The fraction of sp³-hybridized carbons (Fsp3) is 0.280. The van der Waals surface area contributed by atoms with E-state index >= 15 is 0 Å². The van der Waals surface area contributed by atoms with Gasteiger partial charge in [-0.1, -0.05) is 24.3 Å². The summed E-state index contributed by atoms with van der Waals surface area (Å²) >= 11 is 0. The lowest BCUT2D eigenvalue weighted by Gasteiger charge is -2.27. The molecule has 0 N–H and O–H groups in total. The van der Waals surface area contributed by atoms with Gasteiger partial charge < -0.3 is 23.8 Å². The second-order valence-electron chi connectivity index (χ2n) is 7.46. The van der Waals surface area contributed by atoms with E-state index in [0.29, 0.717) is 42.5 Å². The zero-order valence-electron chi connectivity index (χ0n) is 19.2. The van der Waals surface area contributed by atoms with Crippen LogP contribution in [0.15, 0.2) is 54.7 Å². The van der Waals surface area contributed by atoms with Crippen LogP contribution in [0.3, 0.4) is 0 Å². The van der Waals surface area contributed by atoms with Crippen molar-refractivity contribution in [2.45, 2.75) is 6.42 Å². The molecule has 0 atom stereocenters.